The molecule has 1 atom stereocenters. The summed E-state index contributed by atoms with van der Waals surface area (Å²) in [4.78, 5) is 24.6. The number of aromatic nitrogens is 5. The lowest BCUT2D eigenvalue weighted by Gasteiger charge is -2.17. The van der Waals surface area contributed by atoms with E-state index in [4.69, 9.17) is 0 Å². The third kappa shape index (κ3) is 4.36. The van der Waals surface area contributed by atoms with Gasteiger partial charge in [0, 0.05) is 18.8 Å². The lowest BCUT2D eigenvalue weighted by molar-refractivity contribution is 0.0926. The maximum absolute atomic E-state index is 12.8. The molecule has 27 heavy (non-hydrogen) atoms. The van der Waals surface area contributed by atoms with Crippen LogP contribution in [0.15, 0.2) is 41.3 Å². The first-order valence-electron chi connectivity index (χ1n) is 8.81. The maximum atomic E-state index is 12.8. The molecule has 1 N–H and O–H groups in total. The third-order valence-corrected chi connectivity index (χ3v) is 4.75. The molecule has 0 aliphatic rings. The van der Waals surface area contributed by atoms with Gasteiger partial charge in [0.05, 0.1) is 6.04 Å². The molecule has 3 rings (SSSR count). The van der Waals surface area contributed by atoms with Crippen LogP contribution in [0, 0.1) is 0 Å². The van der Waals surface area contributed by atoms with E-state index in [0.29, 0.717) is 18.8 Å². The molecule has 1 unspecified atom stereocenters. The fourth-order valence-corrected chi connectivity index (χ4v) is 3.24. The number of nitrogens with one attached hydrogen (secondary N) is 1. The highest BCUT2D eigenvalue weighted by Crippen LogP contribution is 2.18. The number of hydrogen-bond acceptors (Lipinski definition) is 6. The van der Waals surface area contributed by atoms with Gasteiger partial charge in [-0.3, -0.25) is 14.0 Å². The van der Waals surface area contributed by atoms with Crippen molar-refractivity contribution in [2.45, 2.75) is 32.4 Å². The van der Waals surface area contributed by atoms with E-state index < -0.39 is 0 Å². The summed E-state index contributed by atoms with van der Waals surface area (Å²) in [6.07, 6.45) is 5.36. The number of fused-ring (bicyclic) bond motifs is 1. The van der Waals surface area contributed by atoms with Gasteiger partial charge in [-0.2, -0.15) is 16.9 Å². The highest BCUT2D eigenvalue weighted by Gasteiger charge is 2.21. The fraction of sp³-hybridized carbons (Fsp3) is 0.389. The summed E-state index contributed by atoms with van der Waals surface area (Å²) in [5, 5.41) is 15.6. The highest BCUT2D eigenvalue weighted by atomic mass is 32.2. The van der Waals surface area contributed by atoms with Crippen molar-refractivity contribution in [2.75, 3.05) is 12.0 Å². The predicted molar refractivity (Wildman–Crippen MR) is 105 cm³/mol. The summed E-state index contributed by atoms with van der Waals surface area (Å²) in [7, 11) is 0. The molecule has 0 aliphatic heterocycles. The van der Waals surface area contributed by atoms with Gasteiger partial charge in [-0.1, -0.05) is 13.0 Å². The van der Waals surface area contributed by atoms with Gasteiger partial charge in [0.15, 0.2) is 11.5 Å². The molecule has 1 amide bonds. The Morgan fingerprint density at radius 3 is 2.89 bits per heavy atom. The minimum atomic E-state index is -0.335. The van der Waals surface area contributed by atoms with E-state index in [2.05, 4.69) is 20.6 Å². The van der Waals surface area contributed by atoms with E-state index in [0.717, 1.165) is 17.8 Å². The van der Waals surface area contributed by atoms with E-state index in [1.807, 2.05) is 42.0 Å². The smallest absolute Gasteiger partial charge is 0.272 e. The second kappa shape index (κ2) is 8.81. The molecular formula is C18H22N6O2S. The van der Waals surface area contributed by atoms with E-state index in [1.54, 1.807) is 11.8 Å². The molecule has 3 heterocycles. The first kappa shape index (κ1) is 19.1. The van der Waals surface area contributed by atoms with Crippen LogP contribution in [0.25, 0.3) is 5.65 Å². The van der Waals surface area contributed by atoms with E-state index in [-0.39, 0.29) is 23.2 Å². The van der Waals surface area contributed by atoms with Gasteiger partial charge in [-0.15, -0.1) is 10.2 Å². The van der Waals surface area contributed by atoms with Crippen LogP contribution in [0.4, 0.5) is 0 Å². The van der Waals surface area contributed by atoms with E-state index in [1.165, 1.54) is 16.8 Å². The largest absolute Gasteiger partial charge is 0.341 e. The number of hydrogen-bond donors (Lipinski definition) is 1. The zero-order valence-corrected chi connectivity index (χ0v) is 16.1. The number of carbonyl (C=O) groups is 1. The quantitative estimate of drug-likeness (QED) is 0.636. The number of nitrogens with zero attached hydrogens (tertiary/aromatic N) is 5. The molecule has 0 saturated heterocycles. The molecule has 142 valence electrons. The molecule has 0 fully saturated rings. The fourth-order valence-electron chi connectivity index (χ4n) is 2.77. The van der Waals surface area contributed by atoms with Gasteiger partial charge in [0.1, 0.15) is 5.69 Å². The number of aryl methyl sites for hydroxylation is 1. The van der Waals surface area contributed by atoms with Crippen LogP contribution in [-0.2, 0) is 6.54 Å². The van der Waals surface area contributed by atoms with Crippen LogP contribution >= 0.6 is 11.8 Å². The van der Waals surface area contributed by atoms with E-state index in [9.17, 15) is 9.59 Å². The maximum Gasteiger partial charge on any atom is 0.272 e. The standard InChI is InChI=1S/C18H22N6O2S/c1-3-10-24-16(25)8-7-14(22-24)18(26)19-13(9-12-27-2)17-21-20-15-6-4-5-11-23(15)17/h4-8,11,13H,3,9-10,12H2,1-2H3,(H,19,26). The topological polar surface area (TPSA) is 94.2 Å². The lowest BCUT2D eigenvalue weighted by atomic mass is 10.2. The Morgan fingerprint density at radius 2 is 2.11 bits per heavy atom. The first-order valence-corrected chi connectivity index (χ1v) is 10.2. The molecule has 0 aromatic carbocycles. The van der Waals surface area contributed by atoms with Crippen molar-refractivity contribution in [2.24, 2.45) is 0 Å². The molecule has 0 saturated carbocycles. The Bertz CT molecular complexity index is 983. The van der Waals surface area contributed by atoms with Crippen molar-refractivity contribution in [3.63, 3.8) is 0 Å². The van der Waals surface area contributed by atoms with Crippen LogP contribution in [0.1, 0.15) is 42.1 Å². The molecule has 8 nitrogen and oxygen atoms in total. The van der Waals surface area contributed by atoms with Crippen molar-refractivity contribution in [3.05, 3.63) is 58.4 Å². The summed E-state index contributed by atoms with van der Waals surface area (Å²) < 4.78 is 3.19. The molecule has 9 heteroatoms. The SMILES string of the molecule is CCCn1nc(C(=O)NC(CCSC)c2nnc3ccccn23)ccc1=O. The average Bonchev–Trinajstić information content (AvgIpc) is 3.11. The van der Waals surface area contributed by atoms with Crippen molar-refractivity contribution in [1.29, 1.82) is 0 Å². The molecule has 0 aliphatic carbocycles. The Hall–Kier alpha value is -2.68. The van der Waals surface area contributed by atoms with Crippen molar-refractivity contribution in [1.82, 2.24) is 29.7 Å². The van der Waals surface area contributed by atoms with Crippen LogP contribution in [-0.4, -0.2) is 42.3 Å². The van der Waals surface area contributed by atoms with Gasteiger partial charge < -0.3 is 5.32 Å². The number of carbonyl (C=O) groups excluding carboxylic acids is 1. The molecule has 0 spiro atoms. The number of pyridine rings is 1. The molecule has 3 aromatic heterocycles. The van der Waals surface area contributed by atoms with Crippen LogP contribution in [0.2, 0.25) is 0 Å². The zero-order valence-electron chi connectivity index (χ0n) is 15.3. The van der Waals surface area contributed by atoms with Crippen LogP contribution in [0.3, 0.4) is 0 Å². The van der Waals surface area contributed by atoms with Gasteiger partial charge in [-0.25, -0.2) is 4.68 Å². The molecular weight excluding hydrogens is 364 g/mol. The summed E-state index contributed by atoms with van der Waals surface area (Å²) in [5.74, 6) is 1.20. The number of thioether (sulfide) groups is 1. The van der Waals surface area contributed by atoms with Gasteiger partial charge in [0.2, 0.25) is 0 Å². The normalized spacial score (nSPS) is 12.2. The molecule has 0 bridgehead atoms. The van der Waals surface area contributed by atoms with Crippen molar-refractivity contribution < 1.29 is 4.79 Å². The summed E-state index contributed by atoms with van der Waals surface area (Å²) in [6, 6.07) is 8.18. The number of amides is 1. The predicted octanol–water partition coefficient (Wildman–Crippen LogP) is 1.92. The minimum Gasteiger partial charge on any atom is -0.341 e. The van der Waals surface area contributed by atoms with Crippen LogP contribution in [0.5, 0.6) is 0 Å². The summed E-state index contributed by atoms with van der Waals surface area (Å²) >= 11 is 1.70. The lowest BCUT2D eigenvalue weighted by Crippen LogP contribution is -2.33. The van der Waals surface area contributed by atoms with Gasteiger partial charge >= 0.3 is 0 Å². The monoisotopic (exact) mass is 386 g/mol. The molecule has 3 aromatic rings. The Balaban J connectivity index is 1.87. The van der Waals surface area contributed by atoms with Gasteiger partial charge in [0.25, 0.3) is 11.5 Å². The zero-order chi connectivity index (χ0) is 19.2. The van der Waals surface area contributed by atoms with Gasteiger partial charge in [-0.05, 0) is 43.0 Å². The summed E-state index contributed by atoms with van der Waals surface area (Å²) in [6.45, 7) is 2.43. The van der Waals surface area contributed by atoms with E-state index >= 15 is 0 Å². The van der Waals surface area contributed by atoms with Crippen molar-refractivity contribution >= 4 is 23.3 Å². The third-order valence-electron chi connectivity index (χ3n) is 4.10. The first-order chi connectivity index (χ1) is 13.1. The minimum absolute atomic E-state index is 0.212. The van der Waals surface area contributed by atoms with Crippen LogP contribution < -0.4 is 10.9 Å². The highest BCUT2D eigenvalue weighted by molar-refractivity contribution is 7.98. The molecule has 0 radical (unpaired) electrons. The Kier molecular flexibility index (Phi) is 6.23. The number of rotatable bonds is 8. The average molecular weight is 386 g/mol. The van der Waals surface area contributed by atoms with Crippen molar-refractivity contribution in [3.8, 4) is 0 Å². The second-order valence-corrected chi connectivity index (χ2v) is 7.06. The summed E-state index contributed by atoms with van der Waals surface area (Å²) in [5.41, 5.74) is 0.729. The Labute approximate surface area is 161 Å². The second-order valence-electron chi connectivity index (χ2n) is 6.07. The Morgan fingerprint density at radius 1 is 1.26 bits per heavy atom.